The summed E-state index contributed by atoms with van der Waals surface area (Å²) < 4.78 is 0. The first kappa shape index (κ1) is 6.69. The van der Waals surface area contributed by atoms with E-state index in [0.717, 1.165) is 0 Å². The molecule has 0 heterocycles. The summed E-state index contributed by atoms with van der Waals surface area (Å²) in [7, 11) is 0. The first-order chi connectivity index (χ1) is 4.43. The van der Waals surface area contributed by atoms with Gasteiger partial charge in [0.2, 0.25) is 0 Å². The normalized spacial score (nSPS) is 9.44. The molecule has 0 fully saturated rings. The van der Waals surface area contributed by atoms with Gasteiger partial charge in [0.15, 0.2) is 0 Å². The summed E-state index contributed by atoms with van der Waals surface area (Å²) >= 11 is 1.73. The molecule has 0 unspecified atom stereocenters. The van der Waals surface area contributed by atoms with Crippen LogP contribution in [0.1, 0.15) is 5.56 Å². The second-order valence-electron chi connectivity index (χ2n) is 1.76. The first-order valence-electron chi connectivity index (χ1n) is 2.84. The van der Waals surface area contributed by atoms with Gasteiger partial charge in [0.05, 0.1) is 0 Å². The molecule has 0 atom stereocenters. The van der Waals surface area contributed by atoms with Crippen molar-refractivity contribution in [1.29, 1.82) is 0 Å². The number of hydrogen-bond acceptors (Lipinski definition) is 1. The topological polar surface area (TPSA) is 0 Å². The van der Waals surface area contributed by atoms with Gasteiger partial charge >= 0.3 is 0 Å². The van der Waals surface area contributed by atoms with Gasteiger partial charge in [0, 0.05) is 5.75 Å². The minimum atomic E-state index is 1.28. The highest BCUT2D eigenvalue weighted by Crippen LogP contribution is 2.09. The van der Waals surface area contributed by atoms with Gasteiger partial charge in [-0.2, -0.15) is 11.8 Å². The van der Waals surface area contributed by atoms with E-state index in [0.29, 0.717) is 0 Å². The number of hydrogen-bond donors (Lipinski definition) is 0. The van der Waals surface area contributed by atoms with E-state index in [9.17, 15) is 0 Å². The van der Waals surface area contributed by atoms with Crippen molar-refractivity contribution < 1.29 is 0 Å². The fraction of sp³-hybridized carbons (Fsp3) is 0.125. The van der Waals surface area contributed by atoms with Gasteiger partial charge in [-0.25, -0.2) is 0 Å². The monoisotopic (exact) mass is 137 g/mol. The van der Waals surface area contributed by atoms with Gasteiger partial charge in [-0.3, -0.25) is 0 Å². The van der Waals surface area contributed by atoms with Crippen LogP contribution >= 0.6 is 11.8 Å². The predicted molar refractivity (Wildman–Crippen MR) is 43.4 cm³/mol. The van der Waals surface area contributed by atoms with E-state index in [1.165, 1.54) is 5.56 Å². The van der Waals surface area contributed by atoms with E-state index in [1.807, 2.05) is 18.2 Å². The molecule has 0 aliphatic carbocycles. The Morgan fingerprint density at radius 1 is 1.22 bits per heavy atom. The molecule has 0 N–H and O–H groups in total. The van der Waals surface area contributed by atoms with E-state index >= 15 is 0 Å². The fourth-order valence-electron chi connectivity index (χ4n) is 0.668. The molecule has 1 radical (unpaired) electrons. The molecule has 0 nitrogen and oxygen atoms in total. The second-order valence-corrected chi connectivity index (χ2v) is 2.47. The molecule has 0 spiro atoms. The molecule has 47 valence electrons. The van der Waals surface area contributed by atoms with Crippen LogP contribution in [0, 0.1) is 5.75 Å². The lowest BCUT2D eigenvalue weighted by Gasteiger charge is -1.92. The highest BCUT2D eigenvalue weighted by Gasteiger charge is 1.85. The lowest BCUT2D eigenvalue weighted by Crippen LogP contribution is -1.71. The van der Waals surface area contributed by atoms with Crippen molar-refractivity contribution in [2.45, 2.75) is 0 Å². The van der Waals surface area contributed by atoms with Crippen molar-refractivity contribution >= 4 is 11.8 Å². The Hall–Kier alpha value is -0.430. The Balaban J connectivity index is 2.61. The highest BCUT2D eigenvalue weighted by molar-refractivity contribution is 8.00. The van der Waals surface area contributed by atoms with Crippen LogP contribution in [0.4, 0.5) is 0 Å². The van der Waals surface area contributed by atoms with Crippen LogP contribution in [0.25, 0.3) is 0 Å². The lowest BCUT2D eigenvalue weighted by atomic mass is 10.2. The van der Waals surface area contributed by atoms with E-state index in [1.54, 1.807) is 11.8 Å². The zero-order valence-electron chi connectivity index (χ0n) is 5.37. The smallest absolute Gasteiger partial charge is 0.0453 e. The third-order valence-corrected chi connectivity index (χ3v) is 1.56. The molecular weight excluding hydrogens is 128 g/mol. The molecule has 9 heavy (non-hydrogen) atoms. The molecule has 0 bridgehead atoms. The van der Waals surface area contributed by atoms with Gasteiger partial charge in [-0.1, -0.05) is 30.3 Å². The molecular formula is C8H9S. The molecule has 0 amide bonds. The Morgan fingerprint density at radius 3 is 2.44 bits per heavy atom. The molecule has 0 saturated heterocycles. The maximum absolute atomic E-state index is 2.12. The summed E-state index contributed by atoms with van der Waals surface area (Å²) in [6, 6.07) is 10.3. The van der Waals surface area contributed by atoms with Crippen LogP contribution in [0.3, 0.4) is 0 Å². The average Bonchev–Trinajstić information content (AvgIpc) is 1.91. The van der Waals surface area contributed by atoms with Crippen molar-refractivity contribution in [1.82, 2.24) is 0 Å². The van der Waals surface area contributed by atoms with Crippen molar-refractivity contribution in [2.24, 2.45) is 0 Å². The van der Waals surface area contributed by atoms with Gasteiger partial charge in [0.25, 0.3) is 0 Å². The van der Waals surface area contributed by atoms with Crippen LogP contribution in [-0.4, -0.2) is 6.26 Å². The third-order valence-electron chi connectivity index (χ3n) is 1.05. The number of thioether (sulfide) groups is 1. The van der Waals surface area contributed by atoms with E-state index < -0.39 is 0 Å². The van der Waals surface area contributed by atoms with Crippen LogP contribution in [0.15, 0.2) is 30.3 Å². The maximum atomic E-state index is 2.12. The largest absolute Gasteiger partial charge is 0.156 e. The van der Waals surface area contributed by atoms with Gasteiger partial charge in [-0.05, 0) is 11.8 Å². The van der Waals surface area contributed by atoms with Gasteiger partial charge in [-0.15, -0.1) is 0 Å². The third kappa shape index (κ3) is 2.10. The Kier molecular flexibility index (Phi) is 2.65. The molecule has 0 aromatic heterocycles. The zero-order valence-corrected chi connectivity index (χ0v) is 6.19. The lowest BCUT2D eigenvalue weighted by molar-refractivity contribution is 1.60. The van der Waals surface area contributed by atoms with Gasteiger partial charge in [0.1, 0.15) is 0 Å². The Bertz CT molecular complexity index is 157. The fourth-order valence-corrected chi connectivity index (χ4v) is 1.10. The average molecular weight is 137 g/mol. The van der Waals surface area contributed by atoms with E-state index in [4.69, 9.17) is 0 Å². The van der Waals surface area contributed by atoms with Crippen molar-refractivity contribution in [2.75, 3.05) is 6.26 Å². The molecule has 0 saturated carbocycles. The summed E-state index contributed by atoms with van der Waals surface area (Å²) in [6.45, 7) is 0. The molecule has 1 aromatic rings. The minimum Gasteiger partial charge on any atom is -0.156 e. The SMILES string of the molecule is CS[CH]c1ccccc1. The van der Waals surface area contributed by atoms with Crippen LogP contribution in [0.2, 0.25) is 0 Å². The van der Waals surface area contributed by atoms with Crippen LogP contribution < -0.4 is 0 Å². The molecule has 1 heteroatoms. The second kappa shape index (κ2) is 3.57. The van der Waals surface area contributed by atoms with E-state index in [-0.39, 0.29) is 0 Å². The summed E-state index contributed by atoms with van der Waals surface area (Å²) in [5.41, 5.74) is 1.28. The maximum Gasteiger partial charge on any atom is 0.0453 e. The first-order valence-corrected chi connectivity index (χ1v) is 4.13. The minimum absolute atomic E-state index is 1.28. The number of rotatable bonds is 2. The highest BCUT2D eigenvalue weighted by atomic mass is 32.2. The Morgan fingerprint density at radius 2 is 1.89 bits per heavy atom. The summed E-state index contributed by atoms with van der Waals surface area (Å²) in [6.07, 6.45) is 2.06. The van der Waals surface area contributed by atoms with Crippen molar-refractivity contribution in [3.63, 3.8) is 0 Å². The van der Waals surface area contributed by atoms with Crippen molar-refractivity contribution in [3.8, 4) is 0 Å². The zero-order chi connectivity index (χ0) is 6.53. The predicted octanol–water partition coefficient (Wildman–Crippen LogP) is 2.56. The summed E-state index contributed by atoms with van der Waals surface area (Å²) in [5.74, 6) is 2.12. The quantitative estimate of drug-likeness (QED) is 0.603. The number of benzene rings is 1. The van der Waals surface area contributed by atoms with Crippen molar-refractivity contribution in [3.05, 3.63) is 41.6 Å². The summed E-state index contributed by atoms with van der Waals surface area (Å²) in [4.78, 5) is 0. The molecule has 1 aromatic carbocycles. The molecule has 0 aliphatic heterocycles. The molecule has 1 rings (SSSR count). The van der Waals surface area contributed by atoms with Gasteiger partial charge < -0.3 is 0 Å². The van der Waals surface area contributed by atoms with Crippen LogP contribution in [0.5, 0.6) is 0 Å². The summed E-state index contributed by atoms with van der Waals surface area (Å²) in [5, 5.41) is 0. The molecule has 0 aliphatic rings. The van der Waals surface area contributed by atoms with Crippen LogP contribution in [-0.2, 0) is 0 Å². The standard InChI is InChI=1S/C8H9S/c1-9-7-8-5-3-2-4-6-8/h2-7H,1H3. The Labute approximate surface area is 60.3 Å². The van der Waals surface area contributed by atoms with E-state index in [2.05, 4.69) is 24.1 Å².